The highest BCUT2D eigenvalue weighted by Crippen LogP contribution is 2.28. The first-order valence-corrected chi connectivity index (χ1v) is 7.16. The quantitative estimate of drug-likeness (QED) is 0.803. The number of hydrogen-bond donors (Lipinski definition) is 1. The minimum atomic E-state index is -0.429. The topological polar surface area (TPSA) is 26.0 Å². The van der Waals surface area contributed by atoms with E-state index >= 15 is 0 Å². The predicted octanol–water partition coefficient (Wildman–Crippen LogP) is 5.14. The maximum atomic E-state index is 13.4. The minimum absolute atomic E-state index is 0.116. The van der Waals surface area contributed by atoms with E-state index in [-0.39, 0.29) is 11.1 Å². The smallest absolute Gasteiger partial charge is 0.142 e. The zero-order valence-corrected chi connectivity index (χ0v) is 12.9. The molecule has 0 fully saturated rings. The lowest BCUT2D eigenvalue weighted by atomic mass is 10.00. The van der Waals surface area contributed by atoms with Crippen molar-refractivity contribution in [3.8, 4) is 0 Å². The Morgan fingerprint density at radius 2 is 1.89 bits per heavy atom. The normalized spacial score (nSPS) is 12.5. The van der Waals surface area contributed by atoms with Crippen molar-refractivity contribution < 1.29 is 4.39 Å². The standard InChI is InChI=1S/C14H11BrCl2FN/c15-11-7-9(16)2-3-10(11)14(19)6-8-1-4-12(17)13(18)5-8/h1-5,7,14H,6,19H2. The zero-order chi connectivity index (χ0) is 14.0. The van der Waals surface area contributed by atoms with E-state index in [2.05, 4.69) is 15.9 Å². The van der Waals surface area contributed by atoms with Gasteiger partial charge in [0.2, 0.25) is 0 Å². The summed E-state index contributed by atoms with van der Waals surface area (Å²) in [6, 6.07) is 9.91. The van der Waals surface area contributed by atoms with Crippen molar-refractivity contribution in [2.45, 2.75) is 12.5 Å². The van der Waals surface area contributed by atoms with Crippen LogP contribution in [0, 0.1) is 5.82 Å². The first-order valence-electron chi connectivity index (χ1n) is 5.62. The van der Waals surface area contributed by atoms with Crippen LogP contribution in [0.1, 0.15) is 17.2 Å². The lowest BCUT2D eigenvalue weighted by molar-refractivity contribution is 0.622. The molecule has 0 aliphatic rings. The van der Waals surface area contributed by atoms with Crippen LogP contribution in [0.4, 0.5) is 4.39 Å². The fraction of sp³-hybridized carbons (Fsp3) is 0.143. The van der Waals surface area contributed by atoms with Crippen LogP contribution in [-0.4, -0.2) is 0 Å². The second kappa shape index (κ2) is 6.23. The fourth-order valence-corrected chi connectivity index (χ4v) is 2.93. The van der Waals surface area contributed by atoms with Gasteiger partial charge in [-0.25, -0.2) is 4.39 Å². The maximum absolute atomic E-state index is 13.4. The summed E-state index contributed by atoms with van der Waals surface area (Å²) in [5, 5.41) is 0.755. The Kier molecular flexibility index (Phi) is 4.85. The molecule has 0 heterocycles. The molecular weight excluding hydrogens is 352 g/mol. The first kappa shape index (κ1) is 14.8. The van der Waals surface area contributed by atoms with Gasteiger partial charge in [-0.3, -0.25) is 0 Å². The fourth-order valence-electron chi connectivity index (χ4n) is 1.83. The van der Waals surface area contributed by atoms with Gasteiger partial charge < -0.3 is 5.73 Å². The molecule has 0 aromatic heterocycles. The predicted molar refractivity (Wildman–Crippen MR) is 81.2 cm³/mol. The van der Waals surface area contributed by atoms with E-state index < -0.39 is 5.82 Å². The highest BCUT2D eigenvalue weighted by molar-refractivity contribution is 9.10. The van der Waals surface area contributed by atoms with Crippen molar-refractivity contribution in [1.29, 1.82) is 0 Å². The lowest BCUT2D eigenvalue weighted by Gasteiger charge is -2.14. The van der Waals surface area contributed by atoms with Crippen molar-refractivity contribution in [2.75, 3.05) is 0 Å². The number of halogens is 4. The molecule has 19 heavy (non-hydrogen) atoms. The van der Waals surface area contributed by atoms with Gasteiger partial charge in [0.05, 0.1) is 5.02 Å². The van der Waals surface area contributed by atoms with Gasteiger partial charge in [-0.15, -0.1) is 0 Å². The maximum Gasteiger partial charge on any atom is 0.142 e. The van der Waals surface area contributed by atoms with Crippen molar-refractivity contribution >= 4 is 39.1 Å². The van der Waals surface area contributed by atoms with Crippen molar-refractivity contribution in [2.24, 2.45) is 5.73 Å². The molecule has 1 unspecified atom stereocenters. The number of nitrogens with two attached hydrogens (primary N) is 1. The van der Waals surface area contributed by atoms with Gasteiger partial charge in [0.25, 0.3) is 0 Å². The highest BCUT2D eigenvalue weighted by Gasteiger charge is 2.12. The zero-order valence-electron chi connectivity index (χ0n) is 9.84. The summed E-state index contributed by atoms with van der Waals surface area (Å²) >= 11 is 15.0. The van der Waals surface area contributed by atoms with Gasteiger partial charge in [0.1, 0.15) is 5.82 Å². The SMILES string of the molecule is NC(Cc1ccc(Cl)c(F)c1)c1ccc(Cl)cc1Br. The molecule has 100 valence electrons. The van der Waals surface area contributed by atoms with E-state index in [1.165, 1.54) is 12.1 Å². The molecule has 0 saturated carbocycles. The van der Waals surface area contributed by atoms with E-state index in [4.69, 9.17) is 28.9 Å². The van der Waals surface area contributed by atoms with E-state index in [9.17, 15) is 4.39 Å². The summed E-state index contributed by atoms with van der Waals surface area (Å²) < 4.78 is 14.2. The van der Waals surface area contributed by atoms with E-state index in [0.29, 0.717) is 11.4 Å². The molecular formula is C14H11BrCl2FN. The summed E-state index contributed by atoms with van der Waals surface area (Å²) in [7, 11) is 0. The molecule has 0 spiro atoms. The average Bonchev–Trinajstić information content (AvgIpc) is 2.33. The molecule has 0 aliphatic carbocycles. The molecule has 1 nitrogen and oxygen atoms in total. The summed E-state index contributed by atoms with van der Waals surface area (Å²) in [5.41, 5.74) is 7.87. The van der Waals surface area contributed by atoms with Crippen LogP contribution in [0.5, 0.6) is 0 Å². The third kappa shape index (κ3) is 3.69. The van der Waals surface area contributed by atoms with Gasteiger partial charge in [0, 0.05) is 15.5 Å². The monoisotopic (exact) mass is 361 g/mol. The molecule has 0 aliphatic heterocycles. The largest absolute Gasteiger partial charge is 0.324 e. The van der Waals surface area contributed by atoms with E-state index in [1.54, 1.807) is 18.2 Å². The van der Waals surface area contributed by atoms with Crippen LogP contribution in [-0.2, 0) is 6.42 Å². The summed E-state index contributed by atoms with van der Waals surface area (Å²) in [6.45, 7) is 0. The van der Waals surface area contributed by atoms with E-state index in [0.717, 1.165) is 15.6 Å². The lowest BCUT2D eigenvalue weighted by Crippen LogP contribution is -2.14. The number of rotatable bonds is 3. The molecule has 0 saturated heterocycles. The van der Waals surface area contributed by atoms with Crippen LogP contribution >= 0.6 is 39.1 Å². The number of benzene rings is 2. The van der Waals surface area contributed by atoms with Crippen LogP contribution in [0.15, 0.2) is 40.9 Å². The molecule has 2 aromatic carbocycles. The number of hydrogen-bond acceptors (Lipinski definition) is 1. The molecule has 0 bridgehead atoms. The molecule has 0 amide bonds. The molecule has 1 atom stereocenters. The van der Waals surface area contributed by atoms with Crippen LogP contribution in [0.25, 0.3) is 0 Å². The van der Waals surface area contributed by atoms with Gasteiger partial charge in [0.15, 0.2) is 0 Å². The minimum Gasteiger partial charge on any atom is -0.324 e. The molecule has 2 aromatic rings. The Labute approximate surface area is 129 Å². The summed E-state index contributed by atoms with van der Waals surface area (Å²) in [5.74, 6) is -0.429. The Morgan fingerprint density at radius 1 is 1.16 bits per heavy atom. The second-order valence-electron chi connectivity index (χ2n) is 4.22. The average molecular weight is 363 g/mol. The Hall–Kier alpha value is -0.610. The summed E-state index contributed by atoms with van der Waals surface area (Å²) in [6.07, 6.45) is 0.522. The third-order valence-corrected chi connectivity index (χ3v) is 4.03. The van der Waals surface area contributed by atoms with E-state index in [1.807, 2.05) is 6.07 Å². The first-order chi connectivity index (χ1) is 8.97. The Bertz CT molecular complexity index is 604. The molecule has 5 heteroatoms. The third-order valence-electron chi connectivity index (χ3n) is 2.80. The van der Waals surface area contributed by atoms with Crippen molar-refractivity contribution in [3.63, 3.8) is 0 Å². The molecule has 0 radical (unpaired) electrons. The summed E-state index contributed by atoms with van der Waals surface area (Å²) in [4.78, 5) is 0. The Balaban J connectivity index is 2.20. The van der Waals surface area contributed by atoms with Gasteiger partial charge in [-0.1, -0.05) is 51.3 Å². The van der Waals surface area contributed by atoms with Gasteiger partial charge >= 0.3 is 0 Å². The van der Waals surface area contributed by atoms with Gasteiger partial charge in [-0.2, -0.15) is 0 Å². The van der Waals surface area contributed by atoms with Crippen LogP contribution in [0.3, 0.4) is 0 Å². The van der Waals surface area contributed by atoms with Gasteiger partial charge in [-0.05, 0) is 41.8 Å². The molecule has 2 rings (SSSR count). The second-order valence-corrected chi connectivity index (χ2v) is 5.92. The van der Waals surface area contributed by atoms with Crippen molar-refractivity contribution in [1.82, 2.24) is 0 Å². The van der Waals surface area contributed by atoms with Crippen molar-refractivity contribution in [3.05, 3.63) is 67.9 Å². The van der Waals surface area contributed by atoms with Crippen LogP contribution < -0.4 is 5.73 Å². The highest BCUT2D eigenvalue weighted by atomic mass is 79.9. The Morgan fingerprint density at radius 3 is 2.53 bits per heavy atom. The molecule has 2 N–H and O–H groups in total. The van der Waals surface area contributed by atoms with Crippen LogP contribution in [0.2, 0.25) is 10.0 Å².